The van der Waals surface area contributed by atoms with Crippen LogP contribution in [0.25, 0.3) is 0 Å². The number of nitrogens with zero attached hydrogens (tertiary/aromatic N) is 2. The van der Waals surface area contributed by atoms with Crippen LogP contribution in [0.5, 0.6) is 0 Å². The first kappa shape index (κ1) is 20.0. The Bertz CT molecular complexity index is 534. The first-order chi connectivity index (χ1) is 11.4. The highest BCUT2D eigenvalue weighted by Gasteiger charge is 2.52. The van der Waals surface area contributed by atoms with Crippen LogP contribution in [0.2, 0.25) is 0 Å². The molecule has 3 aliphatic rings. The molecule has 4 amide bonds. The van der Waals surface area contributed by atoms with E-state index < -0.39 is 11.6 Å². The molecule has 1 aliphatic carbocycles. The third kappa shape index (κ3) is 3.92. The molecule has 2 N–H and O–H groups in total. The number of amides is 4. The molecular formula is C17H29ClN4O3. The standard InChI is InChI=1S/C17H28N4O3.ClH/c1-3-13-4-6-17(7-5-13)15(23)21(16(24)19-17)11-14(22)20-9-8-18-12(2)10-20;/h12-13,18H,3-11H2,1-2H3,(H,19,24);1H. The molecule has 142 valence electrons. The van der Waals surface area contributed by atoms with Crippen LogP contribution >= 0.6 is 12.4 Å². The molecule has 3 fully saturated rings. The van der Waals surface area contributed by atoms with Crippen LogP contribution in [0, 0.1) is 5.92 Å². The molecule has 3 rings (SSSR count). The number of piperazine rings is 1. The maximum atomic E-state index is 12.8. The number of nitrogens with one attached hydrogen (secondary N) is 2. The van der Waals surface area contributed by atoms with Crippen molar-refractivity contribution in [3.8, 4) is 0 Å². The molecule has 2 aliphatic heterocycles. The van der Waals surface area contributed by atoms with Gasteiger partial charge in [-0.2, -0.15) is 0 Å². The second kappa shape index (κ2) is 7.91. The molecule has 0 bridgehead atoms. The third-order valence-corrected chi connectivity index (χ3v) is 5.80. The van der Waals surface area contributed by atoms with E-state index in [1.807, 2.05) is 6.92 Å². The van der Waals surface area contributed by atoms with Gasteiger partial charge < -0.3 is 15.5 Å². The highest BCUT2D eigenvalue weighted by molar-refractivity contribution is 6.09. The second-order valence-electron chi connectivity index (χ2n) is 7.45. The average molecular weight is 373 g/mol. The maximum Gasteiger partial charge on any atom is 0.325 e. The van der Waals surface area contributed by atoms with E-state index in [1.54, 1.807) is 4.90 Å². The Hall–Kier alpha value is -1.34. The summed E-state index contributed by atoms with van der Waals surface area (Å²) in [6.07, 6.45) is 4.40. The minimum atomic E-state index is -0.764. The van der Waals surface area contributed by atoms with Gasteiger partial charge in [0.05, 0.1) is 0 Å². The summed E-state index contributed by atoms with van der Waals surface area (Å²) in [5, 5.41) is 6.17. The molecule has 2 heterocycles. The van der Waals surface area contributed by atoms with Gasteiger partial charge in [-0.3, -0.25) is 14.5 Å². The Morgan fingerprint density at radius 2 is 1.96 bits per heavy atom. The zero-order valence-electron chi connectivity index (χ0n) is 15.0. The van der Waals surface area contributed by atoms with Crippen LogP contribution in [-0.4, -0.2) is 65.4 Å². The highest BCUT2D eigenvalue weighted by atomic mass is 35.5. The Labute approximate surface area is 155 Å². The van der Waals surface area contributed by atoms with E-state index in [1.165, 1.54) is 0 Å². The molecule has 0 radical (unpaired) electrons. The van der Waals surface area contributed by atoms with E-state index >= 15 is 0 Å². The zero-order chi connectivity index (χ0) is 17.3. The normalized spacial score (nSPS) is 32.6. The lowest BCUT2D eigenvalue weighted by Crippen LogP contribution is -2.54. The van der Waals surface area contributed by atoms with Gasteiger partial charge in [0.15, 0.2) is 0 Å². The van der Waals surface area contributed by atoms with Crippen molar-refractivity contribution in [3.63, 3.8) is 0 Å². The summed E-state index contributed by atoms with van der Waals surface area (Å²) in [7, 11) is 0. The third-order valence-electron chi connectivity index (χ3n) is 5.80. The summed E-state index contributed by atoms with van der Waals surface area (Å²) in [4.78, 5) is 40.5. The number of hydrogen-bond acceptors (Lipinski definition) is 4. The largest absolute Gasteiger partial charge is 0.338 e. The number of rotatable bonds is 3. The van der Waals surface area contributed by atoms with Gasteiger partial charge in [0, 0.05) is 25.7 Å². The van der Waals surface area contributed by atoms with Crippen molar-refractivity contribution in [3.05, 3.63) is 0 Å². The summed E-state index contributed by atoms with van der Waals surface area (Å²) in [6.45, 7) is 6.03. The van der Waals surface area contributed by atoms with Crippen LogP contribution in [0.1, 0.15) is 46.0 Å². The van der Waals surface area contributed by atoms with Gasteiger partial charge in [0.25, 0.3) is 5.91 Å². The Kier molecular flexibility index (Phi) is 6.32. The van der Waals surface area contributed by atoms with E-state index in [0.717, 1.165) is 30.7 Å². The van der Waals surface area contributed by atoms with Gasteiger partial charge in [-0.05, 0) is 38.5 Å². The first-order valence-corrected chi connectivity index (χ1v) is 9.10. The van der Waals surface area contributed by atoms with Crippen LogP contribution in [0.3, 0.4) is 0 Å². The molecule has 25 heavy (non-hydrogen) atoms. The predicted octanol–water partition coefficient (Wildman–Crippen LogP) is 1.12. The lowest BCUT2D eigenvalue weighted by atomic mass is 9.75. The fraction of sp³-hybridized carbons (Fsp3) is 0.824. The molecule has 2 saturated heterocycles. The van der Waals surface area contributed by atoms with Crippen molar-refractivity contribution >= 4 is 30.3 Å². The average Bonchev–Trinajstić information content (AvgIpc) is 2.80. The molecule has 1 spiro atoms. The van der Waals surface area contributed by atoms with E-state index in [9.17, 15) is 14.4 Å². The van der Waals surface area contributed by atoms with Crippen LogP contribution in [0.15, 0.2) is 0 Å². The molecular weight excluding hydrogens is 344 g/mol. The maximum absolute atomic E-state index is 12.8. The van der Waals surface area contributed by atoms with Crippen LogP contribution in [-0.2, 0) is 9.59 Å². The molecule has 1 saturated carbocycles. The van der Waals surface area contributed by atoms with Gasteiger partial charge in [0.2, 0.25) is 5.91 Å². The summed E-state index contributed by atoms with van der Waals surface area (Å²) in [5.41, 5.74) is -0.764. The van der Waals surface area contributed by atoms with Crippen LogP contribution < -0.4 is 10.6 Å². The molecule has 0 aromatic rings. The van der Waals surface area contributed by atoms with E-state index in [0.29, 0.717) is 31.8 Å². The van der Waals surface area contributed by atoms with Crippen molar-refractivity contribution in [1.82, 2.24) is 20.4 Å². The minimum absolute atomic E-state index is 0. The van der Waals surface area contributed by atoms with Gasteiger partial charge in [-0.25, -0.2) is 4.79 Å². The van der Waals surface area contributed by atoms with E-state index in [2.05, 4.69) is 17.6 Å². The quantitative estimate of drug-likeness (QED) is 0.727. The number of carbonyl (C=O) groups excluding carboxylic acids is 3. The molecule has 0 aromatic carbocycles. The van der Waals surface area contributed by atoms with Crippen molar-refractivity contribution < 1.29 is 14.4 Å². The molecule has 1 unspecified atom stereocenters. The number of imide groups is 1. The Morgan fingerprint density at radius 3 is 2.56 bits per heavy atom. The summed E-state index contributed by atoms with van der Waals surface area (Å²) >= 11 is 0. The SMILES string of the molecule is CCC1CCC2(CC1)NC(=O)N(CC(=O)N1CCNC(C)C1)C2=O.Cl. The molecule has 0 aromatic heterocycles. The summed E-state index contributed by atoms with van der Waals surface area (Å²) < 4.78 is 0. The zero-order valence-corrected chi connectivity index (χ0v) is 15.9. The predicted molar refractivity (Wildman–Crippen MR) is 96.5 cm³/mol. The lowest BCUT2D eigenvalue weighted by Gasteiger charge is -2.35. The highest BCUT2D eigenvalue weighted by Crippen LogP contribution is 2.37. The molecule has 1 atom stereocenters. The van der Waals surface area contributed by atoms with Gasteiger partial charge in [-0.1, -0.05) is 13.3 Å². The molecule has 7 nitrogen and oxygen atoms in total. The smallest absolute Gasteiger partial charge is 0.325 e. The topological polar surface area (TPSA) is 81.8 Å². The first-order valence-electron chi connectivity index (χ1n) is 9.10. The van der Waals surface area contributed by atoms with Crippen molar-refractivity contribution in [2.45, 2.75) is 57.5 Å². The number of urea groups is 1. The summed E-state index contributed by atoms with van der Waals surface area (Å²) in [6, 6.07) is -0.173. The van der Waals surface area contributed by atoms with Gasteiger partial charge in [0.1, 0.15) is 12.1 Å². The van der Waals surface area contributed by atoms with E-state index in [-0.39, 0.29) is 36.8 Å². The van der Waals surface area contributed by atoms with Crippen molar-refractivity contribution in [1.29, 1.82) is 0 Å². The fourth-order valence-electron chi connectivity index (χ4n) is 4.13. The molecule has 8 heteroatoms. The minimum Gasteiger partial charge on any atom is -0.338 e. The number of carbonyl (C=O) groups is 3. The van der Waals surface area contributed by atoms with Crippen molar-refractivity contribution in [2.24, 2.45) is 5.92 Å². The monoisotopic (exact) mass is 372 g/mol. The number of hydrogen-bond donors (Lipinski definition) is 2. The van der Waals surface area contributed by atoms with Crippen LogP contribution in [0.4, 0.5) is 4.79 Å². The number of halogens is 1. The fourth-order valence-corrected chi connectivity index (χ4v) is 4.13. The second-order valence-corrected chi connectivity index (χ2v) is 7.45. The summed E-state index contributed by atoms with van der Waals surface area (Å²) in [5.74, 6) is 0.281. The van der Waals surface area contributed by atoms with Crippen molar-refractivity contribution in [2.75, 3.05) is 26.2 Å². The van der Waals surface area contributed by atoms with Gasteiger partial charge >= 0.3 is 6.03 Å². The lowest BCUT2D eigenvalue weighted by molar-refractivity contribution is -0.140. The van der Waals surface area contributed by atoms with Gasteiger partial charge in [-0.15, -0.1) is 12.4 Å². The van der Waals surface area contributed by atoms with E-state index in [4.69, 9.17) is 0 Å². The Morgan fingerprint density at radius 1 is 1.28 bits per heavy atom. The Balaban J connectivity index is 0.00000225.